The number of H-pyrrole nitrogens is 1. The van der Waals surface area contributed by atoms with Gasteiger partial charge in [-0.15, -0.1) is 0 Å². The van der Waals surface area contributed by atoms with E-state index in [1.165, 1.54) is 18.3 Å². The topological polar surface area (TPSA) is 88.0 Å². The maximum Gasteiger partial charge on any atom is 0.255 e. The molecule has 1 heterocycles. The number of hydrogen-bond acceptors (Lipinski definition) is 3. The number of aromatic nitrogens is 1. The van der Waals surface area contributed by atoms with Crippen LogP contribution in [0.5, 0.6) is 0 Å². The number of amides is 1. The van der Waals surface area contributed by atoms with Gasteiger partial charge in [-0.25, -0.2) is 0 Å². The molecule has 98 valence electrons. The number of rotatable bonds is 2. The first-order valence-corrected chi connectivity index (χ1v) is 5.85. The molecular weight excluding hydrogens is 242 g/mol. The number of aromatic amines is 1. The van der Waals surface area contributed by atoms with Crippen molar-refractivity contribution in [1.82, 2.24) is 4.98 Å². The predicted molar refractivity (Wildman–Crippen MR) is 75.3 cm³/mol. The zero-order valence-electron chi connectivity index (χ0n) is 10.8. The van der Waals surface area contributed by atoms with E-state index in [2.05, 4.69) is 10.3 Å². The Kier molecular flexibility index (Phi) is 3.37. The smallest absolute Gasteiger partial charge is 0.255 e. The molecule has 0 saturated carbocycles. The molecule has 0 aliphatic carbocycles. The molecule has 19 heavy (non-hydrogen) atoms. The molecule has 2 aromatic rings. The Morgan fingerprint density at radius 2 is 2.00 bits per heavy atom. The van der Waals surface area contributed by atoms with Crippen molar-refractivity contribution in [3.05, 3.63) is 57.5 Å². The Labute approximate surface area is 110 Å². The second-order valence-corrected chi connectivity index (χ2v) is 4.37. The van der Waals surface area contributed by atoms with Gasteiger partial charge in [0.1, 0.15) is 0 Å². The molecule has 5 nitrogen and oxygen atoms in total. The quantitative estimate of drug-likeness (QED) is 0.717. The van der Waals surface area contributed by atoms with Crippen LogP contribution in [0, 0.1) is 13.8 Å². The second kappa shape index (κ2) is 4.97. The Bertz CT molecular complexity index is 689. The maximum absolute atomic E-state index is 12.1. The van der Waals surface area contributed by atoms with Crippen LogP contribution < -0.4 is 16.6 Å². The highest BCUT2D eigenvalue weighted by Crippen LogP contribution is 2.26. The van der Waals surface area contributed by atoms with Gasteiger partial charge >= 0.3 is 0 Å². The van der Waals surface area contributed by atoms with Crippen LogP contribution in [0.15, 0.2) is 35.3 Å². The fourth-order valence-electron chi connectivity index (χ4n) is 1.77. The van der Waals surface area contributed by atoms with E-state index in [0.717, 1.165) is 11.1 Å². The van der Waals surface area contributed by atoms with Crippen molar-refractivity contribution in [2.45, 2.75) is 13.8 Å². The van der Waals surface area contributed by atoms with Gasteiger partial charge in [-0.3, -0.25) is 9.59 Å². The molecule has 0 atom stereocenters. The standard InChI is InChI=1S/C14H15N3O2/c1-8-3-4-11(15)13(9(8)2)17-14(19)10-5-6-16-12(18)7-10/h3-7H,15H2,1-2H3,(H,16,18)(H,17,19). The van der Waals surface area contributed by atoms with Crippen molar-refractivity contribution in [1.29, 1.82) is 0 Å². The number of nitrogen functional groups attached to an aromatic ring is 1. The lowest BCUT2D eigenvalue weighted by atomic mass is 10.1. The molecule has 2 rings (SSSR count). The number of aryl methyl sites for hydroxylation is 1. The van der Waals surface area contributed by atoms with Gasteiger partial charge in [-0.05, 0) is 37.1 Å². The minimum atomic E-state index is -0.355. The number of carbonyl (C=O) groups is 1. The van der Waals surface area contributed by atoms with Crippen molar-refractivity contribution in [3.63, 3.8) is 0 Å². The molecular formula is C14H15N3O2. The summed E-state index contributed by atoms with van der Waals surface area (Å²) in [4.78, 5) is 25.7. The summed E-state index contributed by atoms with van der Waals surface area (Å²) in [6.07, 6.45) is 1.43. The number of pyridine rings is 1. The molecule has 0 unspecified atom stereocenters. The second-order valence-electron chi connectivity index (χ2n) is 4.37. The average molecular weight is 257 g/mol. The van der Waals surface area contributed by atoms with E-state index in [4.69, 9.17) is 5.73 Å². The van der Waals surface area contributed by atoms with Crippen LogP contribution in [0.4, 0.5) is 11.4 Å². The number of benzene rings is 1. The van der Waals surface area contributed by atoms with Crippen molar-refractivity contribution >= 4 is 17.3 Å². The monoisotopic (exact) mass is 257 g/mol. The lowest BCUT2D eigenvalue weighted by Gasteiger charge is -2.13. The van der Waals surface area contributed by atoms with Crippen molar-refractivity contribution in [3.8, 4) is 0 Å². The zero-order chi connectivity index (χ0) is 14.0. The maximum atomic E-state index is 12.1. The van der Waals surface area contributed by atoms with Crippen molar-refractivity contribution < 1.29 is 4.79 Å². The molecule has 1 aromatic heterocycles. The molecule has 0 spiro atoms. The molecule has 0 aliphatic heterocycles. The molecule has 1 aromatic carbocycles. The predicted octanol–water partition coefficient (Wildman–Crippen LogP) is 1.83. The molecule has 0 radical (unpaired) electrons. The lowest BCUT2D eigenvalue weighted by molar-refractivity contribution is 0.102. The van der Waals surface area contributed by atoms with Crippen LogP contribution in [-0.4, -0.2) is 10.9 Å². The molecule has 0 saturated heterocycles. The van der Waals surface area contributed by atoms with Gasteiger partial charge in [0.05, 0.1) is 11.4 Å². The Morgan fingerprint density at radius 3 is 2.68 bits per heavy atom. The highest BCUT2D eigenvalue weighted by molar-refractivity contribution is 6.06. The largest absolute Gasteiger partial charge is 0.397 e. The summed E-state index contributed by atoms with van der Waals surface area (Å²) in [6.45, 7) is 3.83. The number of hydrogen-bond donors (Lipinski definition) is 3. The normalized spacial score (nSPS) is 10.2. The van der Waals surface area contributed by atoms with Gasteiger partial charge in [-0.1, -0.05) is 6.07 Å². The Hall–Kier alpha value is -2.56. The van der Waals surface area contributed by atoms with E-state index in [-0.39, 0.29) is 11.5 Å². The van der Waals surface area contributed by atoms with Crippen LogP contribution in [0.2, 0.25) is 0 Å². The van der Waals surface area contributed by atoms with E-state index >= 15 is 0 Å². The summed E-state index contributed by atoms with van der Waals surface area (Å²) in [5, 5.41) is 2.75. The van der Waals surface area contributed by atoms with Gasteiger partial charge in [0, 0.05) is 17.8 Å². The third-order valence-corrected chi connectivity index (χ3v) is 3.04. The van der Waals surface area contributed by atoms with E-state index in [9.17, 15) is 9.59 Å². The van der Waals surface area contributed by atoms with Crippen LogP contribution in [0.1, 0.15) is 21.5 Å². The number of nitrogens with two attached hydrogens (primary N) is 1. The summed E-state index contributed by atoms with van der Waals surface area (Å²) >= 11 is 0. The van der Waals surface area contributed by atoms with Gasteiger partial charge < -0.3 is 16.0 Å². The highest BCUT2D eigenvalue weighted by atomic mass is 16.2. The first kappa shape index (κ1) is 12.9. The summed E-state index contributed by atoms with van der Waals surface area (Å²) < 4.78 is 0. The number of nitrogens with one attached hydrogen (secondary N) is 2. The van der Waals surface area contributed by atoms with Crippen LogP contribution >= 0.6 is 0 Å². The highest BCUT2D eigenvalue weighted by Gasteiger charge is 2.11. The molecule has 0 aliphatic rings. The van der Waals surface area contributed by atoms with Gasteiger partial charge in [0.2, 0.25) is 5.56 Å². The fraction of sp³-hybridized carbons (Fsp3) is 0.143. The van der Waals surface area contributed by atoms with E-state index in [1.807, 2.05) is 19.9 Å². The Morgan fingerprint density at radius 1 is 1.26 bits per heavy atom. The molecule has 0 bridgehead atoms. The summed E-state index contributed by atoms with van der Waals surface area (Å²) in [6, 6.07) is 6.43. The van der Waals surface area contributed by atoms with Crippen molar-refractivity contribution in [2.75, 3.05) is 11.1 Å². The van der Waals surface area contributed by atoms with E-state index in [1.54, 1.807) is 6.07 Å². The van der Waals surface area contributed by atoms with Crippen LogP contribution in [-0.2, 0) is 0 Å². The van der Waals surface area contributed by atoms with E-state index in [0.29, 0.717) is 16.9 Å². The lowest BCUT2D eigenvalue weighted by Crippen LogP contribution is -2.17. The number of anilines is 2. The third kappa shape index (κ3) is 2.65. The minimum Gasteiger partial charge on any atom is -0.397 e. The SMILES string of the molecule is Cc1ccc(N)c(NC(=O)c2cc[nH]c(=O)c2)c1C. The Balaban J connectivity index is 2.34. The van der Waals surface area contributed by atoms with Crippen LogP contribution in [0.3, 0.4) is 0 Å². The molecule has 1 amide bonds. The molecule has 4 N–H and O–H groups in total. The minimum absolute atomic E-state index is 0.295. The summed E-state index contributed by atoms with van der Waals surface area (Å²) in [5.74, 6) is -0.355. The van der Waals surface area contributed by atoms with Gasteiger partial charge in [0.25, 0.3) is 5.91 Å². The van der Waals surface area contributed by atoms with E-state index < -0.39 is 0 Å². The summed E-state index contributed by atoms with van der Waals surface area (Å²) in [7, 11) is 0. The first-order chi connectivity index (χ1) is 8.99. The zero-order valence-corrected chi connectivity index (χ0v) is 10.8. The first-order valence-electron chi connectivity index (χ1n) is 5.85. The van der Waals surface area contributed by atoms with Crippen LogP contribution in [0.25, 0.3) is 0 Å². The molecule has 5 heteroatoms. The van der Waals surface area contributed by atoms with Gasteiger partial charge in [-0.2, -0.15) is 0 Å². The van der Waals surface area contributed by atoms with Crippen molar-refractivity contribution in [2.24, 2.45) is 0 Å². The molecule has 0 fully saturated rings. The number of carbonyl (C=O) groups excluding carboxylic acids is 1. The van der Waals surface area contributed by atoms with Gasteiger partial charge in [0.15, 0.2) is 0 Å². The fourth-order valence-corrected chi connectivity index (χ4v) is 1.77. The average Bonchev–Trinajstić information content (AvgIpc) is 2.39. The summed E-state index contributed by atoms with van der Waals surface area (Å²) in [5.41, 5.74) is 8.88. The third-order valence-electron chi connectivity index (χ3n) is 3.04.